The maximum atomic E-state index is 11.2. The number of rotatable bonds is 2. The molecule has 0 aliphatic rings. The molecule has 17 heavy (non-hydrogen) atoms. The molecule has 86 valence electrons. The number of nitrogen functional groups attached to an aromatic ring is 1. The van der Waals surface area contributed by atoms with Gasteiger partial charge < -0.3 is 10.8 Å². The Labute approximate surface area is 99.5 Å². The number of hydrogen-bond acceptors (Lipinski definition) is 2. The Bertz CT molecular complexity index is 576. The van der Waals surface area contributed by atoms with Crippen LogP contribution in [-0.4, -0.2) is 11.1 Å². The Kier molecular flexibility index (Phi) is 2.83. The quantitative estimate of drug-likeness (QED) is 0.775. The molecule has 0 unspecified atom stereocenters. The first-order chi connectivity index (χ1) is 8.11. The number of nitrogens with two attached hydrogens (primary N) is 1. The molecule has 0 aromatic heterocycles. The van der Waals surface area contributed by atoms with E-state index in [4.69, 9.17) is 10.8 Å². The molecule has 2 rings (SSSR count). The third kappa shape index (κ3) is 1.99. The van der Waals surface area contributed by atoms with Crippen molar-refractivity contribution in [2.75, 3.05) is 5.73 Å². The van der Waals surface area contributed by atoms with Gasteiger partial charge in [0, 0.05) is 5.69 Å². The van der Waals surface area contributed by atoms with Crippen LogP contribution in [0.3, 0.4) is 0 Å². The highest BCUT2D eigenvalue weighted by Gasteiger charge is 2.12. The zero-order chi connectivity index (χ0) is 12.4. The lowest BCUT2D eigenvalue weighted by molar-refractivity contribution is 0.0698. The number of carboxylic acid groups (broad SMARTS) is 1. The molecule has 3 N–H and O–H groups in total. The molecule has 0 bridgehead atoms. The van der Waals surface area contributed by atoms with Crippen LogP contribution in [0.1, 0.15) is 15.9 Å². The van der Waals surface area contributed by atoms with Gasteiger partial charge in [0.1, 0.15) is 0 Å². The van der Waals surface area contributed by atoms with E-state index in [0.717, 1.165) is 11.1 Å². The Balaban J connectivity index is 2.69. The summed E-state index contributed by atoms with van der Waals surface area (Å²) < 4.78 is 0. The molecule has 2 aromatic rings. The molecule has 0 amide bonds. The molecule has 0 radical (unpaired) electrons. The van der Waals surface area contributed by atoms with Crippen molar-refractivity contribution in [2.45, 2.75) is 6.92 Å². The SMILES string of the molecule is Cc1c(N)cccc1-c1ccccc1C(=O)O. The van der Waals surface area contributed by atoms with E-state index in [-0.39, 0.29) is 0 Å². The summed E-state index contributed by atoms with van der Waals surface area (Å²) in [6.45, 7) is 1.89. The van der Waals surface area contributed by atoms with Crippen LogP contribution in [0.15, 0.2) is 42.5 Å². The van der Waals surface area contributed by atoms with E-state index >= 15 is 0 Å². The van der Waals surface area contributed by atoms with Crippen molar-refractivity contribution in [2.24, 2.45) is 0 Å². The van der Waals surface area contributed by atoms with Gasteiger partial charge >= 0.3 is 5.97 Å². The van der Waals surface area contributed by atoms with Gasteiger partial charge in [-0.25, -0.2) is 4.79 Å². The van der Waals surface area contributed by atoms with Crippen molar-refractivity contribution in [1.82, 2.24) is 0 Å². The molecule has 3 heteroatoms. The Morgan fingerprint density at radius 3 is 2.41 bits per heavy atom. The maximum absolute atomic E-state index is 11.2. The molecule has 0 spiro atoms. The van der Waals surface area contributed by atoms with Gasteiger partial charge in [-0.2, -0.15) is 0 Å². The van der Waals surface area contributed by atoms with Gasteiger partial charge in [0.2, 0.25) is 0 Å². The largest absolute Gasteiger partial charge is 0.478 e. The Morgan fingerprint density at radius 2 is 1.71 bits per heavy atom. The fourth-order valence-electron chi connectivity index (χ4n) is 1.85. The van der Waals surface area contributed by atoms with E-state index in [1.165, 1.54) is 0 Å². The summed E-state index contributed by atoms with van der Waals surface area (Å²) in [4.78, 5) is 11.2. The number of aromatic carboxylic acids is 1. The monoisotopic (exact) mass is 227 g/mol. The predicted octanol–water partition coefficient (Wildman–Crippen LogP) is 2.94. The van der Waals surface area contributed by atoms with E-state index in [1.807, 2.05) is 31.2 Å². The summed E-state index contributed by atoms with van der Waals surface area (Å²) in [5.41, 5.74) is 9.27. The van der Waals surface area contributed by atoms with Gasteiger partial charge in [-0.15, -0.1) is 0 Å². The van der Waals surface area contributed by atoms with Gasteiger partial charge in [-0.05, 0) is 35.7 Å². The van der Waals surface area contributed by atoms with Crippen molar-refractivity contribution in [3.8, 4) is 11.1 Å². The normalized spacial score (nSPS) is 10.2. The number of hydrogen-bond donors (Lipinski definition) is 2. The average Bonchev–Trinajstić information content (AvgIpc) is 2.33. The minimum atomic E-state index is -0.928. The first kappa shape index (κ1) is 11.2. The molecule has 0 aliphatic heterocycles. The third-order valence-corrected chi connectivity index (χ3v) is 2.82. The second kappa shape index (κ2) is 4.29. The van der Waals surface area contributed by atoms with E-state index in [0.29, 0.717) is 16.8 Å². The molecule has 3 nitrogen and oxygen atoms in total. The lowest BCUT2D eigenvalue weighted by atomic mass is 9.95. The smallest absolute Gasteiger partial charge is 0.336 e. The van der Waals surface area contributed by atoms with Crippen LogP contribution >= 0.6 is 0 Å². The maximum Gasteiger partial charge on any atom is 0.336 e. The lowest BCUT2D eigenvalue weighted by Crippen LogP contribution is -2.00. The van der Waals surface area contributed by atoms with Crippen molar-refractivity contribution >= 4 is 11.7 Å². The molecule has 0 saturated heterocycles. The zero-order valence-electron chi connectivity index (χ0n) is 9.47. The third-order valence-electron chi connectivity index (χ3n) is 2.82. The topological polar surface area (TPSA) is 63.3 Å². The van der Waals surface area contributed by atoms with Gasteiger partial charge in [-0.3, -0.25) is 0 Å². The molecule has 0 fully saturated rings. The fourth-order valence-corrected chi connectivity index (χ4v) is 1.85. The average molecular weight is 227 g/mol. The number of benzene rings is 2. The van der Waals surface area contributed by atoms with Gasteiger partial charge in [0.05, 0.1) is 5.56 Å². The highest BCUT2D eigenvalue weighted by atomic mass is 16.4. The minimum Gasteiger partial charge on any atom is -0.478 e. The van der Waals surface area contributed by atoms with Crippen LogP contribution < -0.4 is 5.73 Å². The second-order valence-electron chi connectivity index (χ2n) is 3.87. The van der Waals surface area contributed by atoms with Crippen LogP contribution in [0, 0.1) is 6.92 Å². The molecular weight excluding hydrogens is 214 g/mol. The fraction of sp³-hybridized carbons (Fsp3) is 0.0714. The van der Waals surface area contributed by atoms with E-state index in [2.05, 4.69) is 0 Å². The standard InChI is InChI=1S/C14H13NO2/c1-9-10(7-4-8-13(9)15)11-5-2-3-6-12(11)14(16)17/h2-8H,15H2,1H3,(H,16,17). The summed E-state index contributed by atoms with van der Waals surface area (Å²) in [6.07, 6.45) is 0. The van der Waals surface area contributed by atoms with Gasteiger partial charge in [0.25, 0.3) is 0 Å². The first-order valence-corrected chi connectivity index (χ1v) is 5.29. The van der Waals surface area contributed by atoms with Crippen LogP contribution in [0.2, 0.25) is 0 Å². The first-order valence-electron chi connectivity index (χ1n) is 5.29. The molecule has 0 atom stereocenters. The van der Waals surface area contributed by atoms with Crippen molar-refractivity contribution in [1.29, 1.82) is 0 Å². The molecule has 0 saturated carbocycles. The van der Waals surface area contributed by atoms with E-state index in [1.54, 1.807) is 18.2 Å². The van der Waals surface area contributed by atoms with Crippen LogP contribution in [0.5, 0.6) is 0 Å². The number of carboxylic acids is 1. The van der Waals surface area contributed by atoms with Crippen LogP contribution in [0.4, 0.5) is 5.69 Å². The second-order valence-corrected chi connectivity index (χ2v) is 3.87. The zero-order valence-corrected chi connectivity index (χ0v) is 9.47. The summed E-state index contributed by atoms with van der Waals surface area (Å²) >= 11 is 0. The Hall–Kier alpha value is -2.29. The van der Waals surface area contributed by atoms with Crippen molar-refractivity contribution < 1.29 is 9.90 Å². The van der Waals surface area contributed by atoms with E-state index < -0.39 is 5.97 Å². The highest BCUT2D eigenvalue weighted by molar-refractivity contribution is 5.96. The van der Waals surface area contributed by atoms with Crippen molar-refractivity contribution in [3.63, 3.8) is 0 Å². The lowest BCUT2D eigenvalue weighted by Gasteiger charge is -2.10. The van der Waals surface area contributed by atoms with E-state index in [9.17, 15) is 4.79 Å². The van der Waals surface area contributed by atoms with Gasteiger partial charge in [0.15, 0.2) is 0 Å². The summed E-state index contributed by atoms with van der Waals surface area (Å²) in [6, 6.07) is 12.5. The number of carbonyl (C=O) groups is 1. The summed E-state index contributed by atoms with van der Waals surface area (Å²) in [7, 11) is 0. The minimum absolute atomic E-state index is 0.293. The molecular formula is C14H13NO2. The van der Waals surface area contributed by atoms with Crippen LogP contribution in [0.25, 0.3) is 11.1 Å². The van der Waals surface area contributed by atoms with Crippen molar-refractivity contribution in [3.05, 3.63) is 53.6 Å². The van der Waals surface area contributed by atoms with Crippen LogP contribution in [-0.2, 0) is 0 Å². The molecule has 0 aliphatic carbocycles. The highest BCUT2D eigenvalue weighted by Crippen LogP contribution is 2.29. The Morgan fingerprint density at radius 1 is 1.06 bits per heavy atom. The summed E-state index contributed by atoms with van der Waals surface area (Å²) in [5, 5.41) is 9.16. The number of anilines is 1. The molecule has 2 aromatic carbocycles. The van der Waals surface area contributed by atoms with Gasteiger partial charge in [-0.1, -0.05) is 30.3 Å². The predicted molar refractivity (Wildman–Crippen MR) is 68.0 cm³/mol. The summed E-state index contributed by atoms with van der Waals surface area (Å²) in [5.74, 6) is -0.928. The molecule has 0 heterocycles.